The van der Waals surface area contributed by atoms with Crippen LogP contribution >= 0.6 is 11.6 Å². The summed E-state index contributed by atoms with van der Waals surface area (Å²) < 4.78 is 38.0. The number of piperidine rings is 1. The first-order valence-electron chi connectivity index (χ1n) is 5.92. The van der Waals surface area contributed by atoms with Gasteiger partial charge in [-0.2, -0.15) is 0 Å². The zero-order valence-electron chi connectivity index (χ0n) is 10.2. The van der Waals surface area contributed by atoms with Gasteiger partial charge in [0.15, 0.2) is 5.82 Å². The molecule has 0 bridgehead atoms. The molecule has 1 aliphatic rings. The first-order valence-corrected chi connectivity index (χ1v) is 7.78. The summed E-state index contributed by atoms with van der Waals surface area (Å²) in [5.74, 6) is -0.986. The molecule has 1 fully saturated rings. The van der Waals surface area contributed by atoms with Crippen molar-refractivity contribution < 1.29 is 12.8 Å². The van der Waals surface area contributed by atoms with Gasteiger partial charge < -0.3 is 5.73 Å². The summed E-state index contributed by atoms with van der Waals surface area (Å²) in [6, 6.07) is 2.24. The summed E-state index contributed by atoms with van der Waals surface area (Å²) >= 11 is 5.61. The number of halogens is 2. The molecule has 0 saturated carbocycles. The van der Waals surface area contributed by atoms with Gasteiger partial charge in [-0.1, -0.05) is 18.0 Å². The molecule has 1 saturated heterocycles. The lowest BCUT2D eigenvalue weighted by atomic mass is 10.2. The highest BCUT2D eigenvalue weighted by atomic mass is 35.5. The predicted molar refractivity (Wildman–Crippen MR) is 71.6 cm³/mol. The van der Waals surface area contributed by atoms with E-state index in [1.165, 1.54) is 6.07 Å². The molecule has 0 aliphatic carbocycles. The van der Waals surface area contributed by atoms with Crippen molar-refractivity contribution in [3.8, 4) is 0 Å². The van der Waals surface area contributed by atoms with E-state index in [0.29, 0.717) is 13.1 Å². The Labute approximate surface area is 116 Å². The molecular weight excluding hydrogens is 293 g/mol. The Balaban J connectivity index is 2.28. The van der Waals surface area contributed by atoms with Crippen molar-refractivity contribution in [3.05, 3.63) is 23.0 Å². The quantitative estimate of drug-likeness (QED) is 0.834. The largest absolute Gasteiger partial charge is 0.399 e. The zero-order chi connectivity index (χ0) is 14.0. The summed E-state index contributed by atoms with van der Waals surface area (Å²) in [4.78, 5) is 1.83. The van der Waals surface area contributed by atoms with Crippen LogP contribution < -0.4 is 10.6 Å². The molecule has 0 amide bonds. The first kappa shape index (κ1) is 14.5. The Morgan fingerprint density at radius 3 is 2.53 bits per heavy atom. The van der Waals surface area contributed by atoms with Crippen molar-refractivity contribution >= 4 is 27.3 Å². The van der Waals surface area contributed by atoms with Gasteiger partial charge in [0.25, 0.3) is 10.0 Å². The second kappa shape index (κ2) is 5.62. The molecule has 19 heavy (non-hydrogen) atoms. The van der Waals surface area contributed by atoms with E-state index in [2.05, 4.69) is 4.83 Å². The topological polar surface area (TPSA) is 75.4 Å². The number of nitrogen functional groups attached to an aromatic ring is 1. The van der Waals surface area contributed by atoms with Crippen LogP contribution in [-0.4, -0.2) is 26.5 Å². The highest BCUT2D eigenvalue weighted by molar-refractivity contribution is 7.89. The summed E-state index contributed by atoms with van der Waals surface area (Å²) in [5.41, 5.74) is 5.60. The second-order valence-electron chi connectivity index (χ2n) is 4.46. The summed E-state index contributed by atoms with van der Waals surface area (Å²) in [6.45, 7) is 1.22. The molecule has 0 spiro atoms. The normalized spacial score (nSPS) is 17.6. The van der Waals surface area contributed by atoms with Crippen molar-refractivity contribution in [2.24, 2.45) is 0 Å². The van der Waals surface area contributed by atoms with Gasteiger partial charge in [0.2, 0.25) is 0 Å². The lowest BCUT2D eigenvalue weighted by Crippen LogP contribution is -2.45. The molecular formula is C11H15ClFN3O2S. The Kier molecular flexibility index (Phi) is 4.29. The second-order valence-corrected chi connectivity index (χ2v) is 6.49. The van der Waals surface area contributed by atoms with Crippen LogP contribution in [0.25, 0.3) is 0 Å². The molecule has 2 rings (SSSR count). The predicted octanol–water partition coefficient (Wildman–Crippen LogP) is 1.74. The molecule has 8 heteroatoms. The van der Waals surface area contributed by atoms with Gasteiger partial charge in [-0.3, -0.25) is 0 Å². The van der Waals surface area contributed by atoms with E-state index >= 15 is 0 Å². The highest BCUT2D eigenvalue weighted by Crippen LogP contribution is 2.25. The van der Waals surface area contributed by atoms with Gasteiger partial charge in [-0.05, 0) is 25.0 Å². The minimum absolute atomic E-state index is 0.102. The van der Waals surface area contributed by atoms with E-state index in [1.54, 1.807) is 5.01 Å². The van der Waals surface area contributed by atoms with Gasteiger partial charge in [0.1, 0.15) is 4.90 Å². The number of hydrogen-bond donors (Lipinski definition) is 2. The molecule has 5 nitrogen and oxygen atoms in total. The smallest absolute Gasteiger partial charge is 0.256 e. The monoisotopic (exact) mass is 307 g/mol. The molecule has 0 radical (unpaired) electrons. The third-order valence-electron chi connectivity index (χ3n) is 2.91. The van der Waals surface area contributed by atoms with E-state index in [4.69, 9.17) is 17.3 Å². The van der Waals surface area contributed by atoms with Gasteiger partial charge in [0.05, 0.1) is 5.02 Å². The maximum absolute atomic E-state index is 13.8. The Morgan fingerprint density at radius 1 is 1.26 bits per heavy atom. The van der Waals surface area contributed by atoms with Crippen molar-refractivity contribution in [2.45, 2.75) is 24.2 Å². The molecule has 3 N–H and O–H groups in total. The van der Waals surface area contributed by atoms with E-state index < -0.39 is 20.7 Å². The Morgan fingerprint density at radius 2 is 1.89 bits per heavy atom. The van der Waals surface area contributed by atoms with Crippen LogP contribution in [0.5, 0.6) is 0 Å². The van der Waals surface area contributed by atoms with Crippen LogP contribution in [0.3, 0.4) is 0 Å². The first-order chi connectivity index (χ1) is 8.90. The number of benzene rings is 1. The van der Waals surface area contributed by atoms with Crippen molar-refractivity contribution in [1.82, 2.24) is 9.84 Å². The van der Waals surface area contributed by atoms with Crippen LogP contribution in [0.15, 0.2) is 17.0 Å². The summed E-state index contributed by atoms with van der Waals surface area (Å²) in [6.07, 6.45) is 2.88. The molecule has 0 atom stereocenters. The fourth-order valence-electron chi connectivity index (χ4n) is 1.98. The lowest BCUT2D eigenvalue weighted by Gasteiger charge is -2.26. The molecule has 1 heterocycles. The summed E-state index contributed by atoms with van der Waals surface area (Å²) in [5, 5.41) is 1.26. The third-order valence-corrected chi connectivity index (χ3v) is 4.56. The van der Waals surface area contributed by atoms with Gasteiger partial charge in [0, 0.05) is 18.8 Å². The minimum atomic E-state index is -4.00. The van der Waals surface area contributed by atoms with E-state index in [0.717, 1.165) is 25.3 Å². The Bertz CT molecular complexity index is 574. The van der Waals surface area contributed by atoms with Gasteiger partial charge in [-0.15, -0.1) is 4.83 Å². The molecule has 1 aliphatic heterocycles. The molecule has 1 aromatic carbocycles. The van der Waals surface area contributed by atoms with Crippen molar-refractivity contribution in [3.63, 3.8) is 0 Å². The minimum Gasteiger partial charge on any atom is -0.399 e. The zero-order valence-corrected chi connectivity index (χ0v) is 11.8. The Hall–Kier alpha value is -0.890. The fraction of sp³-hybridized carbons (Fsp3) is 0.455. The van der Waals surface area contributed by atoms with Crippen molar-refractivity contribution in [2.75, 3.05) is 18.8 Å². The number of hydrazine groups is 1. The number of anilines is 1. The maximum atomic E-state index is 13.8. The number of nitrogens with zero attached hydrogens (tertiary/aromatic N) is 1. The average molecular weight is 308 g/mol. The van der Waals surface area contributed by atoms with Crippen LogP contribution in [0.4, 0.5) is 10.1 Å². The molecule has 106 valence electrons. The number of hydrogen-bond acceptors (Lipinski definition) is 4. The molecule has 0 aromatic heterocycles. The SMILES string of the molecule is Nc1cc(Cl)c(F)c(S(=O)(=O)NN2CCCCC2)c1. The third kappa shape index (κ3) is 3.36. The van der Waals surface area contributed by atoms with E-state index in [-0.39, 0.29) is 10.7 Å². The summed E-state index contributed by atoms with van der Waals surface area (Å²) in [7, 11) is -4.00. The van der Waals surface area contributed by atoms with E-state index in [1.807, 2.05) is 0 Å². The fourth-order valence-corrected chi connectivity index (χ4v) is 3.53. The van der Waals surface area contributed by atoms with E-state index in [9.17, 15) is 12.8 Å². The highest BCUT2D eigenvalue weighted by Gasteiger charge is 2.25. The number of nitrogens with two attached hydrogens (primary N) is 1. The maximum Gasteiger partial charge on any atom is 0.256 e. The molecule has 0 unspecified atom stereocenters. The van der Waals surface area contributed by atoms with Crippen molar-refractivity contribution in [1.29, 1.82) is 0 Å². The van der Waals surface area contributed by atoms with Gasteiger partial charge >= 0.3 is 0 Å². The van der Waals surface area contributed by atoms with Crippen LogP contribution in [-0.2, 0) is 10.0 Å². The van der Waals surface area contributed by atoms with Crippen LogP contribution in [0.2, 0.25) is 5.02 Å². The number of nitrogens with one attached hydrogen (secondary N) is 1. The standard InChI is InChI=1S/C11H15ClFN3O2S/c12-9-6-8(14)7-10(11(9)13)19(17,18)15-16-4-2-1-3-5-16/h6-7,15H,1-5,14H2. The van der Waals surface area contributed by atoms with Crippen LogP contribution in [0, 0.1) is 5.82 Å². The van der Waals surface area contributed by atoms with Gasteiger partial charge in [-0.25, -0.2) is 17.8 Å². The lowest BCUT2D eigenvalue weighted by molar-refractivity contribution is 0.199. The number of rotatable bonds is 3. The average Bonchev–Trinajstić information content (AvgIpc) is 2.34. The molecule has 1 aromatic rings. The number of sulfonamides is 1. The van der Waals surface area contributed by atoms with Crippen LogP contribution in [0.1, 0.15) is 19.3 Å².